The SMILES string of the molecule is CCOc1cc(C)nc(NC2CCCC(C)C2)n1. The highest BCUT2D eigenvalue weighted by molar-refractivity contribution is 5.31. The molecule has 100 valence electrons. The molecule has 4 nitrogen and oxygen atoms in total. The first kappa shape index (κ1) is 13.1. The van der Waals surface area contributed by atoms with Gasteiger partial charge in [0, 0.05) is 17.8 Å². The van der Waals surface area contributed by atoms with Crippen molar-refractivity contribution in [3.8, 4) is 5.88 Å². The minimum absolute atomic E-state index is 0.505. The molecule has 0 bridgehead atoms. The normalized spacial score (nSPS) is 23.7. The zero-order chi connectivity index (χ0) is 13.0. The lowest BCUT2D eigenvalue weighted by Crippen LogP contribution is -2.27. The minimum Gasteiger partial charge on any atom is -0.478 e. The molecule has 18 heavy (non-hydrogen) atoms. The summed E-state index contributed by atoms with van der Waals surface area (Å²) in [5, 5.41) is 3.45. The quantitative estimate of drug-likeness (QED) is 0.890. The topological polar surface area (TPSA) is 47.0 Å². The maximum atomic E-state index is 5.45. The number of nitrogens with zero attached hydrogens (tertiary/aromatic N) is 2. The number of ether oxygens (including phenoxy) is 1. The van der Waals surface area contributed by atoms with Gasteiger partial charge in [-0.2, -0.15) is 4.98 Å². The van der Waals surface area contributed by atoms with Crippen molar-refractivity contribution in [2.75, 3.05) is 11.9 Å². The van der Waals surface area contributed by atoms with E-state index >= 15 is 0 Å². The third-order valence-corrected chi connectivity index (χ3v) is 3.39. The second-order valence-corrected chi connectivity index (χ2v) is 5.22. The fourth-order valence-electron chi connectivity index (χ4n) is 2.57. The van der Waals surface area contributed by atoms with Crippen LogP contribution in [0.4, 0.5) is 5.95 Å². The molecule has 1 N–H and O–H groups in total. The van der Waals surface area contributed by atoms with E-state index in [0.29, 0.717) is 24.5 Å². The molecule has 0 amide bonds. The molecule has 0 saturated heterocycles. The molecule has 2 unspecified atom stereocenters. The van der Waals surface area contributed by atoms with Gasteiger partial charge in [-0.25, -0.2) is 4.98 Å². The van der Waals surface area contributed by atoms with Crippen LogP contribution in [0, 0.1) is 12.8 Å². The fourth-order valence-corrected chi connectivity index (χ4v) is 2.57. The summed E-state index contributed by atoms with van der Waals surface area (Å²) in [6.07, 6.45) is 5.06. The van der Waals surface area contributed by atoms with Gasteiger partial charge in [-0.05, 0) is 32.6 Å². The van der Waals surface area contributed by atoms with Crippen LogP contribution in [-0.2, 0) is 0 Å². The van der Waals surface area contributed by atoms with E-state index in [2.05, 4.69) is 22.2 Å². The van der Waals surface area contributed by atoms with E-state index in [4.69, 9.17) is 4.74 Å². The highest BCUT2D eigenvalue weighted by Gasteiger charge is 2.19. The Bertz CT molecular complexity index is 395. The maximum Gasteiger partial charge on any atom is 0.226 e. The fraction of sp³-hybridized carbons (Fsp3) is 0.714. The standard InChI is InChI=1S/C14H23N3O/c1-4-18-13-9-11(3)15-14(17-13)16-12-7-5-6-10(2)8-12/h9-10,12H,4-8H2,1-3H3,(H,15,16,17). The van der Waals surface area contributed by atoms with Crippen molar-refractivity contribution in [3.63, 3.8) is 0 Å². The van der Waals surface area contributed by atoms with Gasteiger partial charge in [-0.3, -0.25) is 0 Å². The van der Waals surface area contributed by atoms with Crippen LogP contribution in [0.25, 0.3) is 0 Å². The highest BCUT2D eigenvalue weighted by Crippen LogP contribution is 2.25. The minimum atomic E-state index is 0.505. The second kappa shape index (κ2) is 6.03. The smallest absolute Gasteiger partial charge is 0.226 e. The molecule has 1 aromatic rings. The first-order chi connectivity index (χ1) is 8.67. The van der Waals surface area contributed by atoms with Crippen molar-refractivity contribution >= 4 is 5.95 Å². The first-order valence-corrected chi connectivity index (χ1v) is 6.92. The van der Waals surface area contributed by atoms with E-state index in [1.165, 1.54) is 25.7 Å². The van der Waals surface area contributed by atoms with Crippen LogP contribution in [0.3, 0.4) is 0 Å². The number of hydrogen-bond acceptors (Lipinski definition) is 4. The Balaban J connectivity index is 2.03. The molecule has 0 aliphatic heterocycles. The number of hydrogen-bond donors (Lipinski definition) is 1. The number of rotatable bonds is 4. The van der Waals surface area contributed by atoms with Gasteiger partial charge < -0.3 is 10.1 Å². The monoisotopic (exact) mass is 249 g/mol. The third-order valence-electron chi connectivity index (χ3n) is 3.39. The van der Waals surface area contributed by atoms with Crippen LogP contribution in [0.15, 0.2) is 6.07 Å². The summed E-state index contributed by atoms with van der Waals surface area (Å²) in [4.78, 5) is 8.83. The van der Waals surface area contributed by atoms with E-state index < -0.39 is 0 Å². The van der Waals surface area contributed by atoms with Crippen LogP contribution in [-0.4, -0.2) is 22.6 Å². The van der Waals surface area contributed by atoms with Gasteiger partial charge in [-0.15, -0.1) is 0 Å². The van der Waals surface area contributed by atoms with Crippen molar-refractivity contribution in [3.05, 3.63) is 11.8 Å². The molecular weight excluding hydrogens is 226 g/mol. The zero-order valence-electron chi connectivity index (χ0n) is 11.6. The van der Waals surface area contributed by atoms with Crippen molar-refractivity contribution < 1.29 is 4.74 Å². The Morgan fingerprint density at radius 2 is 2.22 bits per heavy atom. The maximum absolute atomic E-state index is 5.45. The predicted octanol–water partition coefficient (Wildman–Crippen LogP) is 3.17. The molecule has 2 rings (SSSR count). The molecule has 2 atom stereocenters. The Morgan fingerprint density at radius 3 is 2.94 bits per heavy atom. The predicted molar refractivity (Wildman–Crippen MR) is 73.0 cm³/mol. The lowest BCUT2D eigenvalue weighted by atomic mass is 9.87. The van der Waals surface area contributed by atoms with E-state index in [-0.39, 0.29) is 0 Å². The molecule has 4 heteroatoms. The van der Waals surface area contributed by atoms with Gasteiger partial charge in [-0.1, -0.05) is 19.8 Å². The van der Waals surface area contributed by atoms with Gasteiger partial charge in [0.1, 0.15) is 0 Å². The molecule has 0 radical (unpaired) electrons. The Kier molecular flexibility index (Phi) is 4.39. The number of anilines is 1. The second-order valence-electron chi connectivity index (χ2n) is 5.22. The molecule has 0 spiro atoms. The molecule has 1 aliphatic carbocycles. The molecule has 1 aromatic heterocycles. The van der Waals surface area contributed by atoms with E-state index in [1.807, 2.05) is 19.9 Å². The largest absolute Gasteiger partial charge is 0.478 e. The lowest BCUT2D eigenvalue weighted by Gasteiger charge is -2.27. The molecule has 1 heterocycles. The summed E-state index contributed by atoms with van der Waals surface area (Å²) in [6.45, 7) is 6.89. The van der Waals surface area contributed by atoms with Crippen LogP contribution < -0.4 is 10.1 Å². The summed E-state index contributed by atoms with van der Waals surface area (Å²) >= 11 is 0. The van der Waals surface area contributed by atoms with Crippen molar-refractivity contribution in [1.82, 2.24) is 9.97 Å². The molecule has 1 saturated carbocycles. The van der Waals surface area contributed by atoms with Crippen LogP contribution in [0.2, 0.25) is 0 Å². The van der Waals surface area contributed by atoms with Crippen LogP contribution in [0.5, 0.6) is 5.88 Å². The average Bonchev–Trinajstić information content (AvgIpc) is 2.28. The molecule has 1 fully saturated rings. The third kappa shape index (κ3) is 3.59. The van der Waals surface area contributed by atoms with Gasteiger partial charge in [0.2, 0.25) is 11.8 Å². The zero-order valence-corrected chi connectivity index (χ0v) is 11.6. The number of aromatic nitrogens is 2. The van der Waals surface area contributed by atoms with Crippen molar-refractivity contribution in [2.24, 2.45) is 5.92 Å². The summed E-state index contributed by atoms with van der Waals surface area (Å²) in [6, 6.07) is 2.38. The summed E-state index contributed by atoms with van der Waals surface area (Å²) in [7, 11) is 0. The van der Waals surface area contributed by atoms with Gasteiger partial charge in [0.05, 0.1) is 6.61 Å². The van der Waals surface area contributed by atoms with Gasteiger partial charge in [0.25, 0.3) is 0 Å². The van der Waals surface area contributed by atoms with Crippen LogP contribution in [0.1, 0.15) is 45.2 Å². The number of nitrogens with one attached hydrogen (secondary N) is 1. The van der Waals surface area contributed by atoms with Gasteiger partial charge >= 0.3 is 0 Å². The average molecular weight is 249 g/mol. The Hall–Kier alpha value is -1.32. The van der Waals surface area contributed by atoms with E-state index in [0.717, 1.165) is 11.6 Å². The Labute approximate surface area is 109 Å². The highest BCUT2D eigenvalue weighted by atomic mass is 16.5. The molecule has 0 aromatic carbocycles. The van der Waals surface area contributed by atoms with E-state index in [9.17, 15) is 0 Å². The Morgan fingerprint density at radius 1 is 1.39 bits per heavy atom. The summed E-state index contributed by atoms with van der Waals surface area (Å²) < 4.78 is 5.45. The number of aryl methyl sites for hydroxylation is 1. The van der Waals surface area contributed by atoms with Crippen molar-refractivity contribution in [1.29, 1.82) is 0 Å². The molecule has 1 aliphatic rings. The van der Waals surface area contributed by atoms with Gasteiger partial charge in [0.15, 0.2) is 0 Å². The van der Waals surface area contributed by atoms with Crippen LogP contribution >= 0.6 is 0 Å². The molecular formula is C14H23N3O. The van der Waals surface area contributed by atoms with E-state index in [1.54, 1.807) is 0 Å². The summed E-state index contributed by atoms with van der Waals surface area (Å²) in [5.41, 5.74) is 0.944. The summed E-state index contributed by atoms with van der Waals surface area (Å²) in [5.74, 6) is 2.17. The lowest BCUT2D eigenvalue weighted by molar-refractivity contribution is 0.325. The first-order valence-electron chi connectivity index (χ1n) is 6.92. The van der Waals surface area contributed by atoms with Crippen molar-refractivity contribution in [2.45, 2.75) is 52.5 Å².